The molecule has 2 aromatic carbocycles. The molecule has 1 unspecified atom stereocenters. The summed E-state index contributed by atoms with van der Waals surface area (Å²) in [5.41, 5.74) is 3.75. The van der Waals surface area contributed by atoms with Crippen LogP contribution in [0.4, 0.5) is 11.4 Å². The van der Waals surface area contributed by atoms with Crippen LogP contribution in [-0.2, 0) is 0 Å². The SMILES string of the molecule is CCC(C)c1ccccc1Nc1ccccc1. The third kappa shape index (κ3) is 2.88. The second-order valence-electron chi connectivity index (χ2n) is 4.39. The van der Waals surface area contributed by atoms with Gasteiger partial charge in [0.05, 0.1) is 0 Å². The average molecular weight is 225 g/mol. The van der Waals surface area contributed by atoms with Gasteiger partial charge in [-0.1, -0.05) is 50.2 Å². The summed E-state index contributed by atoms with van der Waals surface area (Å²) in [6.45, 7) is 4.50. The summed E-state index contributed by atoms with van der Waals surface area (Å²) in [7, 11) is 0. The fourth-order valence-corrected chi connectivity index (χ4v) is 1.94. The normalized spacial score (nSPS) is 12.1. The lowest BCUT2D eigenvalue weighted by Gasteiger charge is -2.16. The van der Waals surface area contributed by atoms with Crippen molar-refractivity contribution in [3.05, 3.63) is 60.2 Å². The smallest absolute Gasteiger partial charge is 0.0419 e. The maximum atomic E-state index is 3.49. The quantitative estimate of drug-likeness (QED) is 0.776. The molecule has 0 aliphatic heterocycles. The van der Waals surface area contributed by atoms with E-state index in [4.69, 9.17) is 0 Å². The predicted octanol–water partition coefficient (Wildman–Crippen LogP) is 4.94. The Balaban J connectivity index is 2.27. The van der Waals surface area contributed by atoms with Crippen molar-refractivity contribution in [2.24, 2.45) is 0 Å². The van der Waals surface area contributed by atoms with Gasteiger partial charge in [-0.25, -0.2) is 0 Å². The van der Waals surface area contributed by atoms with Crippen molar-refractivity contribution in [1.82, 2.24) is 0 Å². The number of anilines is 2. The molecule has 1 N–H and O–H groups in total. The Bertz CT molecular complexity index is 462. The number of para-hydroxylation sites is 2. The first-order valence-corrected chi connectivity index (χ1v) is 6.22. The minimum atomic E-state index is 0.586. The zero-order valence-electron chi connectivity index (χ0n) is 10.5. The van der Waals surface area contributed by atoms with Crippen LogP contribution >= 0.6 is 0 Å². The fourth-order valence-electron chi connectivity index (χ4n) is 1.94. The highest BCUT2D eigenvalue weighted by Gasteiger charge is 2.07. The van der Waals surface area contributed by atoms with E-state index in [1.165, 1.54) is 11.3 Å². The largest absolute Gasteiger partial charge is 0.355 e. The van der Waals surface area contributed by atoms with Gasteiger partial charge in [-0.3, -0.25) is 0 Å². The summed E-state index contributed by atoms with van der Waals surface area (Å²) in [6, 6.07) is 18.9. The molecule has 17 heavy (non-hydrogen) atoms. The van der Waals surface area contributed by atoms with Gasteiger partial charge in [-0.05, 0) is 36.1 Å². The van der Waals surface area contributed by atoms with Crippen LogP contribution in [0.3, 0.4) is 0 Å². The molecule has 0 aromatic heterocycles. The number of hydrogen-bond acceptors (Lipinski definition) is 1. The maximum Gasteiger partial charge on any atom is 0.0419 e. The summed E-state index contributed by atoms with van der Waals surface area (Å²) in [5, 5.41) is 3.49. The Morgan fingerprint density at radius 2 is 1.59 bits per heavy atom. The van der Waals surface area contributed by atoms with Gasteiger partial charge in [-0.15, -0.1) is 0 Å². The topological polar surface area (TPSA) is 12.0 Å². The molecule has 0 saturated carbocycles. The van der Waals surface area contributed by atoms with Crippen LogP contribution in [0.5, 0.6) is 0 Å². The van der Waals surface area contributed by atoms with E-state index in [0.717, 1.165) is 12.1 Å². The van der Waals surface area contributed by atoms with Gasteiger partial charge in [0.15, 0.2) is 0 Å². The summed E-state index contributed by atoms with van der Waals surface area (Å²) < 4.78 is 0. The second-order valence-corrected chi connectivity index (χ2v) is 4.39. The van der Waals surface area contributed by atoms with Gasteiger partial charge >= 0.3 is 0 Å². The Kier molecular flexibility index (Phi) is 3.81. The van der Waals surface area contributed by atoms with Gasteiger partial charge < -0.3 is 5.32 Å². The van der Waals surface area contributed by atoms with Crippen LogP contribution in [-0.4, -0.2) is 0 Å². The highest BCUT2D eigenvalue weighted by Crippen LogP contribution is 2.28. The van der Waals surface area contributed by atoms with E-state index >= 15 is 0 Å². The molecule has 0 amide bonds. The van der Waals surface area contributed by atoms with Crippen molar-refractivity contribution < 1.29 is 0 Å². The zero-order valence-corrected chi connectivity index (χ0v) is 10.5. The van der Waals surface area contributed by atoms with Crippen LogP contribution < -0.4 is 5.32 Å². The molecule has 0 aliphatic carbocycles. The second kappa shape index (κ2) is 5.53. The van der Waals surface area contributed by atoms with Crippen molar-refractivity contribution >= 4 is 11.4 Å². The van der Waals surface area contributed by atoms with Crippen molar-refractivity contribution in [1.29, 1.82) is 0 Å². The molecular formula is C16H19N. The van der Waals surface area contributed by atoms with Gasteiger partial charge in [0.25, 0.3) is 0 Å². The van der Waals surface area contributed by atoms with E-state index in [9.17, 15) is 0 Å². The van der Waals surface area contributed by atoms with E-state index in [0.29, 0.717) is 5.92 Å². The number of nitrogens with one attached hydrogen (secondary N) is 1. The molecule has 0 spiro atoms. The Hall–Kier alpha value is -1.76. The molecule has 88 valence electrons. The highest BCUT2D eigenvalue weighted by atomic mass is 14.9. The predicted molar refractivity (Wildman–Crippen MR) is 74.9 cm³/mol. The zero-order chi connectivity index (χ0) is 12.1. The summed E-state index contributed by atoms with van der Waals surface area (Å²) in [5.74, 6) is 0.586. The van der Waals surface area contributed by atoms with E-state index in [1.807, 2.05) is 18.2 Å². The fraction of sp³-hybridized carbons (Fsp3) is 0.250. The van der Waals surface area contributed by atoms with Crippen molar-refractivity contribution in [2.75, 3.05) is 5.32 Å². The third-order valence-electron chi connectivity index (χ3n) is 3.16. The number of rotatable bonds is 4. The number of benzene rings is 2. The minimum absolute atomic E-state index is 0.586. The maximum absolute atomic E-state index is 3.49. The van der Waals surface area contributed by atoms with E-state index in [2.05, 4.69) is 55.6 Å². The first kappa shape index (κ1) is 11.7. The van der Waals surface area contributed by atoms with Crippen LogP contribution in [0.2, 0.25) is 0 Å². The molecule has 0 saturated heterocycles. The third-order valence-corrected chi connectivity index (χ3v) is 3.16. The number of hydrogen-bond donors (Lipinski definition) is 1. The molecule has 1 atom stereocenters. The summed E-state index contributed by atoms with van der Waals surface area (Å²) in [4.78, 5) is 0. The van der Waals surface area contributed by atoms with Crippen LogP contribution in [0.15, 0.2) is 54.6 Å². The minimum Gasteiger partial charge on any atom is -0.355 e. The van der Waals surface area contributed by atoms with Gasteiger partial charge in [-0.2, -0.15) is 0 Å². The molecular weight excluding hydrogens is 206 g/mol. The van der Waals surface area contributed by atoms with Gasteiger partial charge in [0.2, 0.25) is 0 Å². The standard InChI is InChI=1S/C16H19N/c1-3-13(2)15-11-7-8-12-16(15)17-14-9-5-4-6-10-14/h4-13,17H,3H2,1-2H3. The molecule has 0 bridgehead atoms. The molecule has 2 rings (SSSR count). The van der Waals surface area contributed by atoms with E-state index < -0.39 is 0 Å². The molecule has 0 heterocycles. The molecule has 0 fully saturated rings. The van der Waals surface area contributed by atoms with Crippen LogP contribution in [0.1, 0.15) is 31.7 Å². The lowest BCUT2D eigenvalue weighted by Crippen LogP contribution is -1.98. The van der Waals surface area contributed by atoms with Gasteiger partial charge in [0.1, 0.15) is 0 Å². The Morgan fingerprint density at radius 1 is 0.941 bits per heavy atom. The molecule has 2 aromatic rings. The molecule has 0 aliphatic rings. The Morgan fingerprint density at radius 3 is 2.29 bits per heavy atom. The van der Waals surface area contributed by atoms with E-state index in [1.54, 1.807) is 0 Å². The summed E-state index contributed by atoms with van der Waals surface area (Å²) >= 11 is 0. The van der Waals surface area contributed by atoms with E-state index in [-0.39, 0.29) is 0 Å². The first-order chi connectivity index (χ1) is 8.31. The van der Waals surface area contributed by atoms with Gasteiger partial charge in [0, 0.05) is 11.4 Å². The highest BCUT2D eigenvalue weighted by molar-refractivity contribution is 5.63. The lowest BCUT2D eigenvalue weighted by atomic mass is 9.97. The molecule has 1 heteroatoms. The van der Waals surface area contributed by atoms with Crippen molar-refractivity contribution in [3.63, 3.8) is 0 Å². The first-order valence-electron chi connectivity index (χ1n) is 6.22. The lowest BCUT2D eigenvalue weighted by molar-refractivity contribution is 0.735. The average Bonchev–Trinajstić information content (AvgIpc) is 2.40. The molecule has 1 nitrogen and oxygen atoms in total. The van der Waals surface area contributed by atoms with Crippen LogP contribution in [0, 0.1) is 0 Å². The summed E-state index contributed by atoms with van der Waals surface area (Å²) in [6.07, 6.45) is 1.16. The Labute approximate surface area is 103 Å². The van der Waals surface area contributed by atoms with Crippen molar-refractivity contribution in [2.45, 2.75) is 26.2 Å². The monoisotopic (exact) mass is 225 g/mol. The van der Waals surface area contributed by atoms with Crippen molar-refractivity contribution in [3.8, 4) is 0 Å². The van der Waals surface area contributed by atoms with Crippen LogP contribution in [0.25, 0.3) is 0 Å². The molecule has 0 radical (unpaired) electrons.